The van der Waals surface area contributed by atoms with Gasteiger partial charge in [-0.1, -0.05) is 6.92 Å². The lowest BCUT2D eigenvalue weighted by atomic mass is 10.2. The van der Waals surface area contributed by atoms with E-state index in [2.05, 4.69) is 5.32 Å². The minimum absolute atomic E-state index is 0.131. The molecule has 7 heteroatoms. The van der Waals surface area contributed by atoms with Crippen LogP contribution in [0.25, 0.3) is 0 Å². The lowest BCUT2D eigenvalue weighted by molar-refractivity contribution is -0.123. The molecule has 0 aliphatic heterocycles. The molecular weight excluding hydrogens is 296 g/mol. The van der Waals surface area contributed by atoms with Crippen LogP contribution in [0.3, 0.4) is 0 Å². The summed E-state index contributed by atoms with van der Waals surface area (Å²) < 4.78 is 0. The first kappa shape index (κ1) is 18.2. The van der Waals surface area contributed by atoms with Crippen LogP contribution in [-0.4, -0.2) is 29.6 Å². The second-order valence-electron chi connectivity index (χ2n) is 4.88. The van der Waals surface area contributed by atoms with Crippen molar-refractivity contribution in [2.75, 3.05) is 17.2 Å². The van der Waals surface area contributed by atoms with E-state index in [-0.39, 0.29) is 18.2 Å². The van der Waals surface area contributed by atoms with Gasteiger partial charge in [-0.25, -0.2) is 4.90 Å². The Kier molecular flexibility index (Phi) is 6.77. The average molecular weight is 316 g/mol. The number of benzene rings is 1. The second kappa shape index (κ2) is 8.56. The molecule has 0 aliphatic rings. The van der Waals surface area contributed by atoms with E-state index in [1.807, 2.05) is 6.92 Å². The van der Waals surface area contributed by atoms with Crippen LogP contribution in [0.2, 0.25) is 0 Å². The van der Waals surface area contributed by atoms with Crippen LogP contribution in [0, 0.1) is 11.3 Å². The van der Waals surface area contributed by atoms with Crippen molar-refractivity contribution < 1.29 is 14.7 Å². The fourth-order valence-electron chi connectivity index (χ4n) is 1.83. The summed E-state index contributed by atoms with van der Waals surface area (Å²) in [7, 11) is 0. The van der Waals surface area contributed by atoms with E-state index in [1.165, 1.54) is 25.3 Å². The predicted molar refractivity (Wildman–Crippen MR) is 87.0 cm³/mol. The summed E-state index contributed by atoms with van der Waals surface area (Å²) in [5.74, 6) is -1.26. The Morgan fingerprint density at radius 3 is 2.48 bits per heavy atom. The third-order valence-corrected chi connectivity index (χ3v) is 3.20. The number of imide groups is 1. The number of nitrogens with one attached hydrogen (secondary N) is 1. The second-order valence-corrected chi connectivity index (χ2v) is 4.88. The molecule has 1 unspecified atom stereocenters. The average Bonchev–Trinajstić information content (AvgIpc) is 2.53. The molecule has 7 nitrogen and oxygen atoms in total. The molecule has 1 atom stereocenters. The van der Waals surface area contributed by atoms with Gasteiger partial charge in [-0.3, -0.25) is 9.59 Å². The normalized spacial score (nSPS) is 12.2. The van der Waals surface area contributed by atoms with Crippen LogP contribution in [0.1, 0.15) is 20.3 Å². The van der Waals surface area contributed by atoms with Crippen molar-refractivity contribution in [3.63, 3.8) is 0 Å². The van der Waals surface area contributed by atoms with Crippen LogP contribution >= 0.6 is 0 Å². The maximum Gasteiger partial charge on any atom is 0.277 e. The standard InChI is InChI=1S/C16H20N4O3/c1-3-14(10-21)19-9-12(8-17)16(23)20(11(2)22)15-6-4-13(18)5-7-15/h4-7,9,14,19,21H,3,10,18H2,1-2H3/b12-9-. The molecule has 0 heterocycles. The first-order valence-electron chi connectivity index (χ1n) is 7.12. The van der Waals surface area contributed by atoms with Gasteiger partial charge < -0.3 is 16.2 Å². The van der Waals surface area contributed by atoms with Crippen molar-refractivity contribution in [1.29, 1.82) is 5.26 Å². The molecule has 4 N–H and O–H groups in total. The van der Waals surface area contributed by atoms with Gasteiger partial charge in [-0.15, -0.1) is 0 Å². The Morgan fingerprint density at radius 2 is 2.04 bits per heavy atom. The van der Waals surface area contributed by atoms with Gasteiger partial charge in [0, 0.05) is 24.9 Å². The number of anilines is 2. The number of aliphatic hydroxyl groups excluding tert-OH is 1. The lowest BCUT2D eigenvalue weighted by Gasteiger charge is -2.19. The minimum Gasteiger partial charge on any atom is -0.399 e. The van der Waals surface area contributed by atoms with Crippen molar-refractivity contribution in [3.05, 3.63) is 36.0 Å². The number of rotatable bonds is 6. The highest BCUT2D eigenvalue weighted by Gasteiger charge is 2.24. The number of nitriles is 1. The molecule has 23 heavy (non-hydrogen) atoms. The minimum atomic E-state index is -0.745. The molecule has 0 radical (unpaired) electrons. The Hall–Kier alpha value is -2.85. The predicted octanol–water partition coefficient (Wildman–Crippen LogP) is 0.916. The Morgan fingerprint density at radius 1 is 1.43 bits per heavy atom. The summed E-state index contributed by atoms with van der Waals surface area (Å²) in [5.41, 5.74) is 6.18. The summed E-state index contributed by atoms with van der Waals surface area (Å²) in [5, 5.41) is 21.1. The molecule has 2 amide bonds. The molecule has 122 valence electrons. The number of carbonyl (C=O) groups excluding carboxylic acids is 2. The number of carbonyl (C=O) groups is 2. The van der Waals surface area contributed by atoms with E-state index in [4.69, 9.17) is 10.8 Å². The van der Waals surface area contributed by atoms with Crippen LogP contribution < -0.4 is 16.0 Å². The van der Waals surface area contributed by atoms with E-state index in [0.717, 1.165) is 4.90 Å². The lowest BCUT2D eigenvalue weighted by Crippen LogP contribution is -2.37. The van der Waals surface area contributed by atoms with E-state index < -0.39 is 11.8 Å². The molecule has 0 bridgehead atoms. The van der Waals surface area contributed by atoms with Gasteiger partial charge in [0.25, 0.3) is 5.91 Å². The number of nitrogen functional groups attached to an aromatic ring is 1. The number of hydrogen-bond acceptors (Lipinski definition) is 6. The third-order valence-electron chi connectivity index (χ3n) is 3.20. The Bertz CT molecular complexity index is 628. The fourth-order valence-corrected chi connectivity index (χ4v) is 1.83. The number of nitrogens with zero attached hydrogens (tertiary/aromatic N) is 2. The molecule has 0 spiro atoms. The molecule has 0 aromatic heterocycles. The molecular formula is C16H20N4O3. The van der Waals surface area contributed by atoms with Crippen molar-refractivity contribution in [2.45, 2.75) is 26.3 Å². The maximum atomic E-state index is 12.5. The zero-order valence-electron chi connectivity index (χ0n) is 13.1. The van der Waals surface area contributed by atoms with Crippen LogP contribution in [0.4, 0.5) is 11.4 Å². The summed E-state index contributed by atoms with van der Waals surface area (Å²) in [4.78, 5) is 25.2. The quantitative estimate of drug-likeness (QED) is 0.408. The highest BCUT2D eigenvalue weighted by molar-refractivity contribution is 6.21. The number of aliphatic hydroxyl groups is 1. The fraction of sp³-hybridized carbons (Fsp3) is 0.312. The van der Waals surface area contributed by atoms with Gasteiger partial charge in [0.1, 0.15) is 11.6 Å². The first-order chi connectivity index (χ1) is 10.9. The van der Waals surface area contributed by atoms with Crippen molar-refractivity contribution in [3.8, 4) is 6.07 Å². The molecule has 1 rings (SSSR count). The van der Waals surface area contributed by atoms with Gasteiger partial charge >= 0.3 is 0 Å². The van der Waals surface area contributed by atoms with Gasteiger partial charge in [0.15, 0.2) is 0 Å². The van der Waals surface area contributed by atoms with Gasteiger partial charge in [0.05, 0.1) is 12.3 Å². The number of nitrogens with two attached hydrogens (primary N) is 1. The van der Waals surface area contributed by atoms with Crippen molar-refractivity contribution >= 4 is 23.2 Å². The van der Waals surface area contributed by atoms with E-state index in [0.29, 0.717) is 17.8 Å². The maximum absolute atomic E-state index is 12.5. The highest BCUT2D eigenvalue weighted by atomic mass is 16.3. The molecule has 0 fully saturated rings. The van der Waals surface area contributed by atoms with Crippen molar-refractivity contribution in [1.82, 2.24) is 5.32 Å². The SMILES string of the molecule is CCC(CO)N/C=C(/C#N)C(=O)N(C(C)=O)c1ccc(N)cc1. The van der Waals surface area contributed by atoms with E-state index in [9.17, 15) is 14.9 Å². The molecule has 0 aliphatic carbocycles. The highest BCUT2D eigenvalue weighted by Crippen LogP contribution is 2.18. The van der Waals surface area contributed by atoms with Crippen molar-refractivity contribution in [2.24, 2.45) is 0 Å². The van der Waals surface area contributed by atoms with Gasteiger partial charge in [-0.05, 0) is 30.7 Å². The third kappa shape index (κ3) is 4.83. The summed E-state index contributed by atoms with van der Waals surface area (Å²) in [6.07, 6.45) is 1.84. The zero-order valence-corrected chi connectivity index (χ0v) is 13.1. The smallest absolute Gasteiger partial charge is 0.277 e. The summed E-state index contributed by atoms with van der Waals surface area (Å²) in [6, 6.07) is 7.68. The number of hydrogen-bond donors (Lipinski definition) is 3. The summed E-state index contributed by atoms with van der Waals surface area (Å²) in [6.45, 7) is 2.96. The van der Waals surface area contributed by atoms with Crippen LogP contribution in [-0.2, 0) is 9.59 Å². The topological polar surface area (TPSA) is 119 Å². The Labute approximate surface area is 135 Å². The number of amides is 2. The zero-order chi connectivity index (χ0) is 17.4. The Balaban J connectivity index is 3.08. The van der Waals surface area contributed by atoms with E-state index in [1.54, 1.807) is 18.2 Å². The molecule has 0 saturated carbocycles. The van der Waals surface area contributed by atoms with Gasteiger partial charge in [0.2, 0.25) is 5.91 Å². The molecule has 1 aromatic carbocycles. The molecule has 0 saturated heterocycles. The molecule has 1 aromatic rings. The first-order valence-corrected chi connectivity index (χ1v) is 7.12. The largest absolute Gasteiger partial charge is 0.399 e. The van der Waals surface area contributed by atoms with Crippen LogP contribution in [0.15, 0.2) is 36.0 Å². The van der Waals surface area contributed by atoms with Gasteiger partial charge in [-0.2, -0.15) is 5.26 Å². The van der Waals surface area contributed by atoms with Crippen LogP contribution in [0.5, 0.6) is 0 Å². The van der Waals surface area contributed by atoms with E-state index >= 15 is 0 Å². The monoisotopic (exact) mass is 316 g/mol. The summed E-state index contributed by atoms with van der Waals surface area (Å²) >= 11 is 0.